The maximum absolute atomic E-state index is 5.91. The summed E-state index contributed by atoms with van der Waals surface area (Å²) in [5, 5.41) is 3.24. The Labute approximate surface area is 148 Å². The molecule has 1 saturated heterocycles. The van der Waals surface area contributed by atoms with Crippen molar-refractivity contribution in [2.24, 2.45) is 16.6 Å². The van der Waals surface area contributed by atoms with Gasteiger partial charge in [-0.2, -0.15) is 0 Å². The first-order chi connectivity index (χ1) is 9.76. The molecule has 0 spiro atoms. The molecular formula is C16H35IN4. The van der Waals surface area contributed by atoms with Crippen LogP contribution in [-0.2, 0) is 0 Å². The minimum Gasteiger partial charge on any atom is -0.370 e. The third-order valence-corrected chi connectivity index (χ3v) is 4.17. The van der Waals surface area contributed by atoms with Gasteiger partial charge in [0.25, 0.3) is 0 Å². The van der Waals surface area contributed by atoms with E-state index in [9.17, 15) is 0 Å². The Bertz CT molecular complexity index is 271. The lowest BCUT2D eigenvalue weighted by atomic mass is 10.1. The zero-order valence-electron chi connectivity index (χ0n) is 13.9. The monoisotopic (exact) mass is 410 g/mol. The van der Waals surface area contributed by atoms with Crippen LogP contribution in [0.15, 0.2) is 4.99 Å². The molecule has 1 unspecified atom stereocenters. The maximum atomic E-state index is 5.91. The van der Waals surface area contributed by atoms with Crippen molar-refractivity contribution in [3.8, 4) is 0 Å². The first-order valence-electron chi connectivity index (χ1n) is 8.52. The summed E-state index contributed by atoms with van der Waals surface area (Å²) in [7, 11) is 0. The van der Waals surface area contributed by atoms with Crippen molar-refractivity contribution in [1.82, 2.24) is 10.2 Å². The summed E-state index contributed by atoms with van der Waals surface area (Å²) in [4.78, 5) is 6.97. The summed E-state index contributed by atoms with van der Waals surface area (Å²) < 4.78 is 0. The highest BCUT2D eigenvalue weighted by Crippen LogP contribution is 2.15. The molecule has 0 aromatic heterocycles. The largest absolute Gasteiger partial charge is 0.370 e. The van der Waals surface area contributed by atoms with Crippen LogP contribution >= 0.6 is 24.0 Å². The fraction of sp³-hybridized carbons (Fsp3) is 0.938. The SMILES string of the molecule is CCCCCCCCNC(N)=NCC1CCN(CC)C1.I. The zero-order chi connectivity index (χ0) is 14.6. The fourth-order valence-electron chi connectivity index (χ4n) is 2.75. The van der Waals surface area contributed by atoms with Crippen LogP contribution in [0.2, 0.25) is 0 Å². The van der Waals surface area contributed by atoms with Gasteiger partial charge in [0.15, 0.2) is 5.96 Å². The number of rotatable bonds is 10. The molecule has 0 aliphatic carbocycles. The highest BCUT2D eigenvalue weighted by molar-refractivity contribution is 14.0. The molecule has 1 atom stereocenters. The van der Waals surface area contributed by atoms with Crippen molar-refractivity contribution >= 4 is 29.9 Å². The molecule has 0 aromatic carbocycles. The van der Waals surface area contributed by atoms with E-state index in [1.165, 1.54) is 58.0 Å². The van der Waals surface area contributed by atoms with E-state index in [1.54, 1.807) is 0 Å². The topological polar surface area (TPSA) is 53.6 Å². The van der Waals surface area contributed by atoms with Gasteiger partial charge in [-0.25, -0.2) is 0 Å². The number of aliphatic imine (C=N–C) groups is 1. The predicted octanol–water partition coefficient (Wildman–Crippen LogP) is 3.21. The van der Waals surface area contributed by atoms with Crippen LogP contribution in [0.5, 0.6) is 0 Å². The molecule has 1 rings (SSSR count). The zero-order valence-corrected chi connectivity index (χ0v) is 16.3. The normalized spacial score (nSPS) is 19.5. The molecule has 0 amide bonds. The summed E-state index contributed by atoms with van der Waals surface area (Å²) >= 11 is 0. The van der Waals surface area contributed by atoms with Crippen LogP contribution < -0.4 is 11.1 Å². The van der Waals surface area contributed by atoms with E-state index in [4.69, 9.17) is 5.73 Å². The van der Waals surface area contributed by atoms with Crippen molar-refractivity contribution in [2.45, 2.75) is 58.8 Å². The molecule has 21 heavy (non-hydrogen) atoms. The van der Waals surface area contributed by atoms with Crippen LogP contribution in [0.25, 0.3) is 0 Å². The Kier molecular flexibility index (Phi) is 13.6. The van der Waals surface area contributed by atoms with Gasteiger partial charge in [-0.15, -0.1) is 24.0 Å². The van der Waals surface area contributed by atoms with Crippen molar-refractivity contribution in [2.75, 3.05) is 32.7 Å². The Balaban J connectivity index is 0.00000400. The molecule has 126 valence electrons. The Morgan fingerprint density at radius 3 is 2.57 bits per heavy atom. The first kappa shape index (κ1) is 21.0. The quantitative estimate of drug-likeness (QED) is 0.252. The van der Waals surface area contributed by atoms with Gasteiger partial charge in [-0.1, -0.05) is 46.0 Å². The molecule has 1 fully saturated rings. The van der Waals surface area contributed by atoms with Gasteiger partial charge in [0.1, 0.15) is 0 Å². The number of halogens is 1. The summed E-state index contributed by atoms with van der Waals surface area (Å²) in [6, 6.07) is 0. The number of unbranched alkanes of at least 4 members (excludes halogenated alkanes) is 5. The minimum absolute atomic E-state index is 0. The van der Waals surface area contributed by atoms with E-state index in [0.29, 0.717) is 11.9 Å². The molecule has 5 heteroatoms. The second kappa shape index (κ2) is 13.6. The molecule has 0 saturated carbocycles. The molecule has 1 heterocycles. The Morgan fingerprint density at radius 2 is 1.90 bits per heavy atom. The molecule has 1 aliphatic heterocycles. The van der Waals surface area contributed by atoms with Gasteiger partial charge in [-0.3, -0.25) is 4.99 Å². The van der Waals surface area contributed by atoms with E-state index in [2.05, 4.69) is 29.1 Å². The molecule has 4 nitrogen and oxygen atoms in total. The Morgan fingerprint density at radius 1 is 1.19 bits per heavy atom. The predicted molar refractivity (Wildman–Crippen MR) is 104 cm³/mol. The van der Waals surface area contributed by atoms with Crippen LogP contribution in [-0.4, -0.2) is 43.6 Å². The van der Waals surface area contributed by atoms with E-state index in [-0.39, 0.29) is 24.0 Å². The number of nitrogens with zero attached hydrogens (tertiary/aromatic N) is 2. The standard InChI is InChI=1S/C16H34N4.HI/c1-3-5-6-7-8-9-11-18-16(17)19-13-15-10-12-20(4-2)14-15;/h15H,3-14H2,1-2H3,(H3,17,18,19);1H. The number of nitrogens with one attached hydrogen (secondary N) is 1. The molecule has 0 bridgehead atoms. The van der Waals surface area contributed by atoms with Crippen molar-refractivity contribution in [1.29, 1.82) is 0 Å². The number of likely N-dealkylation sites (tertiary alicyclic amines) is 1. The van der Waals surface area contributed by atoms with Gasteiger partial charge in [0, 0.05) is 19.6 Å². The average Bonchev–Trinajstić information content (AvgIpc) is 2.92. The highest BCUT2D eigenvalue weighted by Gasteiger charge is 2.20. The highest BCUT2D eigenvalue weighted by atomic mass is 127. The lowest BCUT2D eigenvalue weighted by Gasteiger charge is -2.12. The third kappa shape index (κ3) is 10.3. The number of hydrogen-bond donors (Lipinski definition) is 2. The lowest BCUT2D eigenvalue weighted by Crippen LogP contribution is -2.33. The molecule has 1 aliphatic rings. The van der Waals surface area contributed by atoms with Crippen LogP contribution in [0.1, 0.15) is 58.8 Å². The van der Waals surface area contributed by atoms with Gasteiger partial charge in [-0.05, 0) is 31.8 Å². The Hall–Kier alpha value is -0.0400. The average molecular weight is 410 g/mol. The van der Waals surface area contributed by atoms with Crippen LogP contribution in [0.3, 0.4) is 0 Å². The van der Waals surface area contributed by atoms with Crippen molar-refractivity contribution in [3.63, 3.8) is 0 Å². The summed E-state index contributed by atoms with van der Waals surface area (Å²) in [6.45, 7) is 9.89. The summed E-state index contributed by atoms with van der Waals surface area (Å²) in [6.07, 6.45) is 9.17. The smallest absolute Gasteiger partial charge is 0.188 e. The van der Waals surface area contributed by atoms with Gasteiger partial charge in [0.2, 0.25) is 0 Å². The molecule has 3 N–H and O–H groups in total. The van der Waals surface area contributed by atoms with Gasteiger partial charge in [0.05, 0.1) is 0 Å². The number of guanidine groups is 1. The van der Waals surface area contributed by atoms with E-state index < -0.39 is 0 Å². The van der Waals surface area contributed by atoms with Gasteiger partial charge < -0.3 is 16.0 Å². The first-order valence-corrected chi connectivity index (χ1v) is 8.52. The van der Waals surface area contributed by atoms with E-state index in [1.807, 2.05) is 0 Å². The van der Waals surface area contributed by atoms with Gasteiger partial charge >= 0.3 is 0 Å². The summed E-state index contributed by atoms with van der Waals surface area (Å²) in [5.41, 5.74) is 5.91. The minimum atomic E-state index is 0. The van der Waals surface area contributed by atoms with E-state index in [0.717, 1.165) is 19.6 Å². The molecule has 0 aromatic rings. The fourth-order valence-corrected chi connectivity index (χ4v) is 2.75. The van der Waals surface area contributed by atoms with Crippen LogP contribution in [0.4, 0.5) is 0 Å². The van der Waals surface area contributed by atoms with Crippen LogP contribution in [0, 0.1) is 5.92 Å². The molecule has 0 radical (unpaired) electrons. The summed E-state index contributed by atoms with van der Waals surface area (Å²) in [5.74, 6) is 1.33. The number of hydrogen-bond acceptors (Lipinski definition) is 2. The van der Waals surface area contributed by atoms with E-state index >= 15 is 0 Å². The third-order valence-electron chi connectivity index (χ3n) is 4.17. The molecular weight excluding hydrogens is 375 g/mol. The second-order valence-electron chi connectivity index (χ2n) is 5.97. The lowest BCUT2D eigenvalue weighted by molar-refractivity contribution is 0.343. The maximum Gasteiger partial charge on any atom is 0.188 e. The second-order valence-corrected chi connectivity index (χ2v) is 5.97. The number of nitrogens with two attached hydrogens (primary N) is 1. The van der Waals surface area contributed by atoms with Crippen molar-refractivity contribution in [3.05, 3.63) is 0 Å². The van der Waals surface area contributed by atoms with Crippen molar-refractivity contribution < 1.29 is 0 Å².